The van der Waals surface area contributed by atoms with Gasteiger partial charge >= 0.3 is 0 Å². The minimum Gasteiger partial charge on any atom is -0.495 e. The van der Waals surface area contributed by atoms with Crippen LogP contribution in [0.15, 0.2) is 31.0 Å². The van der Waals surface area contributed by atoms with Crippen LogP contribution in [0, 0.1) is 0 Å². The van der Waals surface area contributed by atoms with Crippen LogP contribution >= 0.6 is 23.2 Å². The lowest BCUT2D eigenvalue weighted by atomic mass is 10.0. The summed E-state index contributed by atoms with van der Waals surface area (Å²) in [7, 11) is 4.83. The molecule has 0 saturated carbocycles. The lowest BCUT2D eigenvalue weighted by Gasteiger charge is -2.44. The van der Waals surface area contributed by atoms with Crippen molar-refractivity contribution in [2.75, 3.05) is 46.2 Å². The second-order valence-corrected chi connectivity index (χ2v) is 11.1. The van der Waals surface area contributed by atoms with E-state index in [2.05, 4.69) is 40.6 Å². The van der Waals surface area contributed by atoms with E-state index in [-0.39, 0.29) is 18.0 Å². The number of piperazine rings is 1. The van der Waals surface area contributed by atoms with Gasteiger partial charge in [-0.15, -0.1) is 5.10 Å². The number of amides is 1. The van der Waals surface area contributed by atoms with Gasteiger partial charge in [-0.25, -0.2) is 9.97 Å². The Hall–Kier alpha value is -3.67. The summed E-state index contributed by atoms with van der Waals surface area (Å²) in [5.74, 6) is 1.95. The predicted molar refractivity (Wildman–Crippen MR) is 165 cm³/mol. The lowest BCUT2D eigenvalue weighted by molar-refractivity contribution is -0.133. The van der Waals surface area contributed by atoms with Gasteiger partial charge in [-0.3, -0.25) is 9.69 Å². The summed E-state index contributed by atoms with van der Waals surface area (Å²) < 4.78 is 12.7. The molecule has 1 N–H and O–H groups in total. The van der Waals surface area contributed by atoms with Gasteiger partial charge in [0.15, 0.2) is 17.1 Å². The number of nitrogens with one attached hydrogen (secondary N) is 1. The van der Waals surface area contributed by atoms with Gasteiger partial charge in [-0.1, -0.05) is 29.8 Å². The number of hydrogen-bond donors (Lipinski definition) is 1. The lowest BCUT2D eigenvalue weighted by Crippen LogP contribution is -2.58. The topological polar surface area (TPSA) is 110 Å². The Bertz CT molecular complexity index is 1620. The number of pyridine rings is 1. The van der Waals surface area contributed by atoms with E-state index in [1.807, 2.05) is 11.0 Å². The van der Waals surface area contributed by atoms with Gasteiger partial charge in [-0.2, -0.15) is 9.50 Å². The number of methoxy groups -OCH3 is 2. The zero-order chi connectivity index (χ0) is 30.1. The highest BCUT2D eigenvalue weighted by Gasteiger charge is 2.31. The van der Waals surface area contributed by atoms with E-state index >= 15 is 0 Å². The quantitative estimate of drug-likeness (QED) is 0.268. The normalized spacial score (nSPS) is 17.5. The zero-order valence-electron chi connectivity index (χ0n) is 24.3. The van der Waals surface area contributed by atoms with Crippen LogP contribution in [0.25, 0.3) is 27.8 Å². The minimum atomic E-state index is -0.0225. The number of aromatic nitrogens is 5. The average molecular weight is 614 g/mol. The van der Waals surface area contributed by atoms with E-state index in [9.17, 15) is 4.79 Å². The molecule has 4 heterocycles. The molecule has 11 nitrogen and oxygen atoms in total. The highest BCUT2D eigenvalue weighted by atomic mass is 35.5. The molecule has 13 heteroatoms. The van der Waals surface area contributed by atoms with Crippen molar-refractivity contribution in [2.24, 2.45) is 0 Å². The first-order chi connectivity index (χ1) is 20.2. The molecule has 222 valence electrons. The van der Waals surface area contributed by atoms with E-state index in [0.717, 1.165) is 31.4 Å². The van der Waals surface area contributed by atoms with Crippen LogP contribution in [0.5, 0.6) is 11.5 Å². The molecule has 1 saturated heterocycles. The van der Waals surface area contributed by atoms with Gasteiger partial charge in [-0.05, 0) is 39.0 Å². The fourth-order valence-electron chi connectivity index (χ4n) is 5.70. The fraction of sp³-hybridized carbons (Fsp3) is 0.414. The summed E-state index contributed by atoms with van der Waals surface area (Å²) >= 11 is 13.6. The zero-order valence-corrected chi connectivity index (χ0v) is 25.8. The van der Waals surface area contributed by atoms with Crippen molar-refractivity contribution in [3.05, 3.63) is 46.9 Å². The first-order valence-corrected chi connectivity index (χ1v) is 14.5. The highest BCUT2D eigenvalue weighted by Crippen LogP contribution is 2.47. The number of hydrogen-bond acceptors (Lipinski definition) is 9. The molecule has 1 aliphatic heterocycles. The molecule has 0 unspecified atom stereocenters. The number of ether oxygens (including phenoxy) is 2. The maximum absolute atomic E-state index is 12.3. The molecule has 1 aliphatic rings. The number of carbonyl (C=O) groups is 1. The average Bonchev–Trinajstić information content (AvgIpc) is 3.41. The van der Waals surface area contributed by atoms with Crippen molar-refractivity contribution in [1.29, 1.82) is 0 Å². The van der Waals surface area contributed by atoms with E-state index in [1.54, 1.807) is 23.8 Å². The standard InChI is InChI=1S/C29H34Cl2N8O3/c1-7-23(40)38-16(2)14-37(15-17(38)3)10-8-9-22-34-28-19(24-25(30)20(41-5)12-21(42-6)26(24)31)11-18-13-33-29(32-4)35-27(18)39(28)36-22/h7,11-13,16-17H,1,8-10,14-15H2,2-6H3,(H,32,33,35)/t16-,17+. The van der Waals surface area contributed by atoms with Crippen molar-refractivity contribution >= 4 is 51.7 Å². The van der Waals surface area contributed by atoms with Gasteiger partial charge in [0, 0.05) is 67.4 Å². The Balaban J connectivity index is 1.50. The third-order valence-corrected chi connectivity index (χ3v) is 8.30. The van der Waals surface area contributed by atoms with Gasteiger partial charge < -0.3 is 19.7 Å². The molecule has 2 atom stereocenters. The van der Waals surface area contributed by atoms with Crippen LogP contribution in [0.1, 0.15) is 26.1 Å². The summed E-state index contributed by atoms with van der Waals surface area (Å²) in [6, 6.07) is 3.77. The van der Waals surface area contributed by atoms with Crippen molar-refractivity contribution in [3.63, 3.8) is 0 Å². The largest absolute Gasteiger partial charge is 0.495 e. The number of rotatable bonds is 9. The monoisotopic (exact) mass is 612 g/mol. The van der Waals surface area contributed by atoms with Crippen molar-refractivity contribution in [1.82, 2.24) is 34.4 Å². The smallest absolute Gasteiger partial charge is 0.246 e. The van der Waals surface area contributed by atoms with E-state index < -0.39 is 0 Å². The second kappa shape index (κ2) is 12.3. The molecule has 1 amide bonds. The Morgan fingerprint density at radius 2 is 1.76 bits per heavy atom. The number of benzene rings is 1. The van der Waals surface area contributed by atoms with Crippen LogP contribution < -0.4 is 14.8 Å². The Morgan fingerprint density at radius 3 is 2.36 bits per heavy atom. The number of halogens is 2. The predicted octanol–water partition coefficient (Wildman–Crippen LogP) is 4.75. The number of aryl methyl sites for hydroxylation is 1. The summed E-state index contributed by atoms with van der Waals surface area (Å²) in [6.45, 7) is 10.3. The molecular formula is C29H34Cl2N8O3. The van der Waals surface area contributed by atoms with Crippen LogP contribution in [-0.4, -0.2) is 93.3 Å². The van der Waals surface area contributed by atoms with Crippen molar-refractivity contribution in [2.45, 2.75) is 38.8 Å². The van der Waals surface area contributed by atoms with Crippen LogP contribution in [-0.2, 0) is 11.2 Å². The summed E-state index contributed by atoms with van der Waals surface area (Å²) in [5, 5.41) is 9.24. The van der Waals surface area contributed by atoms with Gasteiger partial charge in [0.1, 0.15) is 11.5 Å². The van der Waals surface area contributed by atoms with Gasteiger partial charge in [0.25, 0.3) is 0 Å². The number of carbonyl (C=O) groups excluding carboxylic acids is 1. The summed E-state index contributed by atoms with van der Waals surface area (Å²) in [5.41, 5.74) is 2.32. The summed E-state index contributed by atoms with van der Waals surface area (Å²) in [4.78, 5) is 30.6. The third kappa shape index (κ3) is 5.44. The molecule has 4 aromatic rings. The number of fused-ring (bicyclic) bond motifs is 3. The SMILES string of the molecule is C=CC(=O)N1[C@H](C)CN(CCCc2nc3c(-c4c(Cl)c(OC)cc(OC)c4Cl)cc4cnc(NC)nc4n3n2)C[C@@H]1C. The maximum atomic E-state index is 12.3. The first kappa shape index (κ1) is 29.8. The van der Waals surface area contributed by atoms with Gasteiger partial charge in [0.2, 0.25) is 11.9 Å². The molecule has 0 spiro atoms. The molecule has 3 aromatic heterocycles. The minimum absolute atomic E-state index is 0.0225. The Morgan fingerprint density at radius 1 is 1.10 bits per heavy atom. The maximum Gasteiger partial charge on any atom is 0.246 e. The van der Waals surface area contributed by atoms with Crippen LogP contribution in [0.2, 0.25) is 10.0 Å². The number of anilines is 1. The van der Waals surface area contributed by atoms with Crippen molar-refractivity contribution < 1.29 is 14.3 Å². The van der Waals surface area contributed by atoms with E-state index in [4.69, 9.17) is 42.8 Å². The Labute approximate surface area is 254 Å². The summed E-state index contributed by atoms with van der Waals surface area (Å²) in [6.07, 6.45) is 4.59. The molecule has 5 rings (SSSR count). The molecular weight excluding hydrogens is 579 g/mol. The van der Waals surface area contributed by atoms with E-state index in [1.165, 1.54) is 20.3 Å². The fourth-order valence-corrected chi connectivity index (χ4v) is 6.40. The third-order valence-electron chi connectivity index (χ3n) is 7.55. The molecule has 1 fully saturated rings. The second-order valence-electron chi connectivity index (χ2n) is 10.3. The molecule has 0 aliphatic carbocycles. The van der Waals surface area contributed by atoms with Gasteiger partial charge in [0.05, 0.1) is 24.3 Å². The molecule has 0 bridgehead atoms. The molecule has 1 aromatic carbocycles. The number of nitrogens with zero attached hydrogens (tertiary/aromatic N) is 7. The van der Waals surface area contributed by atoms with Crippen molar-refractivity contribution in [3.8, 4) is 22.6 Å². The van der Waals surface area contributed by atoms with E-state index in [0.29, 0.717) is 62.2 Å². The molecule has 42 heavy (non-hydrogen) atoms. The van der Waals surface area contributed by atoms with Crippen LogP contribution in [0.3, 0.4) is 0 Å². The highest BCUT2D eigenvalue weighted by molar-refractivity contribution is 6.41. The Kier molecular flexibility index (Phi) is 8.72. The molecule has 0 radical (unpaired) electrons. The van der Waals surface area contributed by atoms with Crippen LogP contribution in [0.4, 0.5) is 5.95 Å². The first-order valence-electron chi connectivity index (χ1n) is 13.7.